The number of nitrogens with one attached hydrogen (secondary N) is 2. The number of carbonyl (C=O) groups excluding carboxylic acids is 2. The molecule has 6 nitrogen and oxygen atoms in total. The lowest BCUT2D eigenvalue weighted by molar-refractivity contribution is -0.121. The molecule has 0 bridgehead atoms. The molecule has 152 valence electrons. The number of hydrogen-bond acceptors (Lipinski definition) is 4. The van der Waals surface area contributed by atoms with Crippen LogP contribution in [0, 0.1) is 0 Å². The minimum absolute atomic E-state index is 0.107. The van der Waals surface area contributed by atoms with Crippen LogP contribution in [0.25, 0.3) is 0 Å². The summed E-state index contributed by atoms with van der Waals surface area (Å²) in [5.41, 5.74) is 2.33. The lowest BCUT2D eigenvalue weighted by atomic mass is 9.90. The summed E-state index contributed by atoms with van der Waals surface area (Å²) in [5, 5.41) is 5.74. The Balaban J connectivity index is 1.34. The Kier molecular flexibility index (Phi) is 5.94. The zero-order chi connectivity index (χ0) is 20.8. The normalized spacial score (nSPS) is 11.9. The number of carbonyl (C=O) groups is 2. The Morgan fingerprint density at radius 3 is 2.03 bits per heavy atom. The van der Waals surface area contributed by atoms with Gasteiger partial charge in [-0.2, -0.15) is 0 Å². The van der Waals surface area contributed by atoms with Crippen molar-refractivity contribution in [1.29, 1.82) is 0 Å². The fourth-order valence-electron chi connectivity index (χ4n) is 3.39. The molecular formula is C24H22N2O4. The van der Waals surface area contributed by atoms with Gasteiger partial charge < -0.3 is 20.1 Å². The SMILES string of the molecule is O=C(NCCNC(=O)C(c1ccccc1)c1ccccc1)c1ccc2c(c1)OCO2. The van der Waals surface area contributed by atoms with Crippen molar-refractivity contribution in [2.45, 2.75) is 5.92 Å². The van der Waals surface area contributed by atoms with Crippen molar-refractivity contribution in [3.8, 4) is 11.5 Å². The van der Waals surface area contributed by atoms with E-state index in [1.807, 2.05) is 60.7 Å². The van der Waals surface area contributed by atoms with Gasteiger partial charge in [0.1, 0.15) is 0 Å². The van der Waals surface area contributed by atoms with Gasteiger partial charge in [0.15, 0.2) is 11.5 Å². The third-order valence-electron chi connectivity index (χ3n) is 4.87. The summed E-state index contributed by atoms with van der Waals surface area (Å²) in [6.45, 7) is 0.803. The van der Waals surface area contributed by atoms with Crippen molar-refractivity contribution in [3.05, 3.63) is 95.6 Å². The standard InChI is InChI=1S/C24H22N2O4/c27-23(19-11-12-20-21(15-19)30-16-29-20)25-13-14-26-24(28)22(17-7-3-1-4-8-17)18-9-5-2-6-10-18/h1-12,15,22H,13-14,16H2,(H,25,27)(H,26,28). The number of benzene rings is 3. The van der Waals surface area contributed by atoms with Crippen LogP contribution < -0.4 is 20.1 Å². The Morgan fingerprint density at radius 1 is 0.767 bits per heavy atom. The van der Waals surface area contributed by atoms with Gasteiger partial charge in [-0.1, -0.05) is 60.7 Å². The molecule has 3 aromatic carbocycles. The quantitative estimate of drug-likeness (QED) is 0.596. The molecule has 0 saturated heterocycles. The lowest BCUT2D eigenvalue weighted by Gasteiger charge is -2.18. The van der Waals surface area contributed by atoms with E-state index in [2.05, 4.69) is 10.6 Å². The van der Waals surface area contributed by atoms with Crippen molar-refractivity contribution in [2.75, 3.05) is 19.9 Å². The molecule has 2 N–H and O–H groups in total. The second-order valence-electron chi connectivity index (χ2n) is 6.87. The first-order valence-corrected chi connectivity index (χ1v) is 9.78. The van der Waals surface area contributed by atoms with E-state index < -0.39 is 5.92 Å². The summed E-state index contributed by atoms with van der Waals surface area (Å²) in [7, 11) is 0. The van der Waals surface area contributed by atoms with E-state index in [1.165, 1.54) is 0 Å². The van der Waals surface area contributed by atoms with Crippen LogP contribution in [0.2, 0.25) is 0 Å². The van der Waals surface area contributed by atoms with Crippen molar-refractivity contribution in [2.24, 2.45) is 0 Å². The molecular weight excluding hydrogens is 380 g/mol. The molecule has 4 rings (SSSR count). The maximum atomic E-state index is 12.9. The molecule has 1 aliphatic rings. The largest absolute Gasteiger partial charge is 0.454 e. The van der Waals surface area contributed by atoms with Crippen molar-refractivity contribution < 1.29 is 19.1 Å². The summed E-state index contributed by atoms with van der Waals surface area (Å²) in [4.78, 5) is 25.3. The average Bonchev–Trinajstić information content (AvgIpc) is 3.26. The first-order valence-electron chi connectivity index (χ1n) is 9.78. The summed E-state index contributed by atoms with van der Waals surface area (Å²) < 4.78 is 10.5. The van der Waals surface area contributed by atoms with Crippen LogP contribution in [-0.2, 0) is 4.79 Å². The molecule has 2 amide bonds. The maximum absolute atomic E-state index is 12.9. The minimum Gasteiger partial charge on any atom is -0.454 e. The molecule has 0 atom stereocenters. The molecule has 1 aliphatic heterocycles. The van der Waals surface area contributed by atoms with E-state index in [9.17, 15) is 9.59 Å². The van der Waals surface area contributed by atoms with E-state index >= 15 is 0 Å². The summed E-state index contributed by atoms with van der Waals surface area (Å²) >= 11 is 0. The number of hydrogen-bond donors (Lipinski definition) is 2. The molecule has 6 heteroatoms. The number of ether oxygens (including phenoxy) is 2. The topological polar surface area (TPSA) is 76.7 Å². The van der Waals surface area contributed by atoms with Crippen LogP contribution >= 0.6 is 0 Å². The first kappa shape index (κ1) is 19.5. The van der Waals surface area contributed by atoms with E-state index in [4.69, 9.17) is 9.47 Å². The Morgan fingerprint density at radius 2 is 1.37 bits per heavy atom. The van der Waals surface area contributed by atoms with Crippen LogP contribution in [0.1, 0.15) is 27.4 Å². The molecule has 0 unspecified atom stereocenters. The number of rotatable bonds is 7. The summed E-state index contributed by atoms with van der Waals surface area (Å²) in [5.74, 6) is 0.447. The summed E-state index contributed by atoms with van der Waals surface area (Å²) in [6, 6.07) is 24.4. The van der Waals surface area contributed by atoms with Crippen LogP contribution in [0.5, 0.6) is 11.5 Å². The van der Waals surface area contributed by atoms with Gasteiger partial charge in [-0.25, -0.2) is 0 Å². The van der Waals surface area contributed by atoms with Gasteiger partial charge in [-0.05, 0) is 29.3 Å². The maximum Gasteiger partial charge on any atom is 0.251 e. The van der Waals surface area contributed by atoms with Gasteiger partial charge in [-0.3, -0.25) is 9.59 Å². The number of fused-ring (bicyclic) bond motifs is 1. The van der Waals surface area contributed by atoms with Gasteiger partial charge in [0.05, 0.1) is 5.92 Å². The van der Waals surface area contributed by atoms with Crippen molar-refractivity contribution in [1.82, 2.24) is 10.6 Å². The highest BCUT2D eigenvalue weighted by atomic mass is 16.7. The highest BCUT2D eigenvalue weighted by molar-refractivity contribution is 5.95. The molecule has 0 aliphatic carbocycles. The Hall–Kier alpha value is -3.80. The predicted octanol–water partition coefficient (Wildman–Crippen LogP) is 3.09. The third kappa shape index (κ3) is 4.43. The van der Waals surface area contributed by atoms with E-state index in [0.29, 0.717) is 30.2 Å². The molecule has 0 spiro atoms. The third-order valence-corrected chi connectivity index (χ3v) is 4.87. The Bertz CT molecular complexity index is 982. The van der Waals surface area contributed by atoms with E-state index in [1.54, 1.807) is 18.2 Å². The zero-order valence-electron chi connectivity index (χ0n) is 16.3. The average molecular weight is 402 g/mol. The number of amides is 2. The van der Waals surface area contributed by atoms with Gasteiger partial charge in [0, 0.05) is 18.7 Å². The predicted molar refractivity (Wildman–Crippen MR) is 113 cm³/mol. The van der Waals surface area contributed by atoms with Crippen LogP contribution in [0.15, 0.2) is 78.9 Å². The smallest absolute Gasteiger partial charge is 0.251 e. The highest BCUT2D eigenvalue weighted by Crippen LogP contribution is 2.32. The molecule has 0 saturated carbocycles. The highest BCUT2D eigenvalue weighted by Gasteiger charge is 2.22. The van der Waals surface area contributed by atoms with Gasteiger partial charge in [0.2, 0.25) is 12.7 Å². The van der Waals surface area contributed by atoms with Gasteiger partial charge in [0.25, 0.3) is 5.91 Å². The Labute approximate surface area is 174 Å². The molecule has 0 radical (unpaired) electrons. The van der Waals surface area contributed by atoms with Crippen LogP contribution in [-0.4, -0.2) is 31.7 Å². The van der Waals surface area contributed by atoms with Crippen LogP contribution in [0.3, 0.4) is 0 Å². The van der Waals surface area contributed by atoms with Crippen LogP contribution in [0.4, 0.5) is 0 Å². The zero-order valence-corrected chi connectivity index (χ0v) is 16.3. The van der Waals surface area contributed by atoms with Crippen molar-refractivity contribution in [3.63, 3.8) is 0 Å². The van der Waals surface area contributed by atoms with Gasteiger partial charge in [-0.15, -0.1) is 0 Å². The van der Waals surface area contributed by atoms with Gasteiger partial charge >= 0.3 is 0 Å². The van der Waals surface area contributed by atoms with E-state index in [-0.39, 0.29) is 18.6 Å². The molecule has 1 heterocycles. The summed E-state index contributed by atoms with van der Waals surface area (Å²) in [6.07, 6.45) is 0. The van der Waals surface area contributed by atoms with E-state index in [0.717, 1.165) is 11.1 Å². The lowest BCUT2D eigenvalue weighted by Crippen LogP contribution is -2.37. The minimum atomic E-state index is -0.406. The monoisotopic (exact) mass is 402 g/mol. The second-order valence-corrected chi connectivity index (χ2v) is 6.87. The fraction of sp³-hybridized carbons (Fsp3) is 0.167. The second kappa shape index (κ2) is 9.13. The molecule has 3 aromatic rings. The first-order chi connectivity index (χ1) is 14.7. The van der Waals surface area contributed by atoms with Crippen molar-refractivity contribution >= 4 is 11.8 Å². The fourth-order valence-corrected chi connectivity index (χ4v) is 3.39. The molecule has 0 aromatic heterocycles. The molecule has 0 fully saturated rings. The molecule has 30 heavy (non-hydrogen) atoms.